The standard InChI is InChI=1S/C22H33NO/c1-4-18-7-11-20(12-8-18)15-23(22(6-3)17-24)16-21-13-9-19(5-2)10-14-21/h4-5,7-8,11-12,19,21-22,24H,1-2,6,9-10,13-17H2,3H3/t19?,21?,22-/m0/s1. The average molecular weight is 328 g/mol. The predicted molar refractivity (Wildman–Crippen MR) is 104 cm³/mol. The molecule has 2 rings (SSSR count). The first kappa shape index (κ1) is 19.0. The number of hydrogen-bond donors (Lipinski definition) is 1. The Morgan fingerprint density at radius 3 is 2.33 bits per heavy atom. The van der Waals surface area contributed by atoms with Gasteiger partial charge in [0.15, 0.2) is 0 Å². The van der Waals surface area contributed by atoms with Gasteiger partial charge in [-0.05, 0) is 55.1 Å². The molecular weight excluding hydrogens is 294 g/mol. The number of rotatable bonds is 9. The van der Waals surface area contributed by atoms with Gasteiger partial charge in [-0.25, -0.2) is 0 Å². The van der Waals surface area contributed by atoms with Crippen LogP contribution in [0.2, 0.25) is 0 Å². The molecule has 1 aromatic rings. The van der Waals surface area contributed by atoms with E-state index < -0.39 is 0 Å². The highest BCUT2D eigenvalue weighted by Crippen LogP contribution is 2.30. The Balaban J connectivity index is 2.01. The maximum atomic E-state index is 9.80. The van der Waals surface area contributed by atoms with E-state index in [2.05, 4.69) is 55.3 Å². The van der Waals surface area contributed by atoms with E-state index in [-0.39, 0.29) is 12.6 Å². The molecule has 1 N–H and O–H groups in total. The molecule has 1 atom stereocenters. The van der Waals surface area contributed by atoms with E-state index in [1.54, 1.807) is 0 Å². The summed E-state index contributed by atoms with van der Waals surface area (Å²) in [6, 6.07) is 8.86. The van der Waals surface area contributed by atoms with E-state index in [1.165, 1.54) is 31.2 Å². The molecule has 2 nitrogen and oxygen atoms in total. The topological polar surface area (TPSA) is 23.5 Å². The van der Waals surface area contributed by atoms with Crippen LogP contribution in [0.15, 0.2) is 43.5 Å². The van der Waals surface area contributed by atoms with Gasteiger partial charge in [0.2, 0.25) is 0 Å². The van der Waals surface area contributed by atoms with Crippen molar-refractivity contribution in [1.82, 2.24) is 4.90 Å². The van der Waals surface area contributed by atoms with Gasteiger partial charge >= 0.3 is 0 Å². The highest BCUT2D eigenvalue weighted by atomic mass is 16.3. The van der Waals surface area contributed by atoms with Crippen LogP contribution < -0.4 is 0 Å². The Morgan fingerprint density at radius 2 is 1.83 bits per heavy atom. The predicted octanol–water partition coefficient (Wildman–Crippen LogP) is 4.89. The van der Waals surface area contributed by atoms with Crippen LogP contribution >= 0.6 is 0 Å². The van der Waals surface area contributed by atoms with Gasteiger partial charge in [0.05, 0.1) is 6.61 Å². The molecule has 0 saturated heterocycles. The van der Waals surface area contributed by atoms with Crippen molar-refractivity contribution in [3.63, 3.8) is 0 Å². The number of aliphatic hydroxyl groups is 1. The zero-order valence-electron chi connectivity index (χ0n) is 15.2. The van der Waals surface area contributed by atoms with Crippen molar-refractivity contribution in [2.24, 2.45) is 11.8 Å². The third-order valence-electron chi connectivity index (χ3n) is 5.52. The van der Waals surface area contributed by atoms with Gasteiger partial charge in [0.25, 0.3) is 0 Å². The Morgan fingerprint density at radius 1 is 1.17 bits per heavy atom. The summed E-state index contributed by atoms with van der Waals surface area (Å²) in [4.78, 5) is 2.49. The van der Waals surface area contributed by atoms with Crippen molar-refractivity contribution in [3.8, 4) is 0 Å². The van der Waals surface area contributed by atoms with Crippen molar-refractivity contribution < 1.29 is 5.11 Å². The van der Waals surface area contributed by atoms with Crippen LogP contribution in [0.4, 0.5) is 0 Å². The summed E-state index contributed by atoms with van der Waals surface area (Å²) >= 11 is 0. The third kappa shape index (κ3) is 5.32. The molecule has 0 radical (unpaired) electrons. The van der Waals surface area contributed by atoms with E-state index in [1.807, 2.05) is 6.08 Å². The van der Waals surface area contributed by atoms with Crippen molar-refractivity contribution in [2.75, 3.05) is 13.2 Å². The Kier molecular flexibility index (Phi) is 7.74. The molecule has 0 bridgehead atoms. The van der Waals surface area contributed by atoms with Crippen molar-refractivity contribution in [2.45, 2.75) is 51.6 Å². The first-order valence-electron chi connectivity index (χ1n) is 9.39. The van der Waals surface area contributed by atoms with E-state index in [9.17, 15) is 5.11 Å². The molecule has 1 aliphatic rings. The normalized spacial score (nSPS) is 22.3. The van der Waals surface area contributed by atoms with Gasteiger partial charge in [-0.1, -0.05) is 49.9 Å². The lowest BCUT2D eigenvalue weighted by atomic mass is 9.81. The van der Waals surface area contributed by atoms with Crippen LogP contribution in [-0.2, 0) is 6.54 Å². The number of hydrogen-bond acceptors (Lipinski definition) is 2. The summed E-state index contributed by atoms with van der Waals surface area (Å²) in [5.41, 5.74) is 2.47. The second-order valence-electron chi connectivity index (χ2n) is 7.14. The minimum atomic E-state index is 0.239. The van der Waals surface area contributed by atoms with E-state index in [4.69, 9.17) is 0 Å². The quantitative estimate of drug-likeness (QED) is 0.652. The zero-order valence-corrected chi connectivity index (χ0v) is 15.2. The summed E-state index contributed by atoms with van der Waals surface area (Å²) in [6.45, 7) is 12.2. The molecular formula is C22H33NO. The molecule has 2 heteroatoms. The third-order valence-corrected chi connectivity index (χ3v) is 5.52. The minimum absolute atomic E-state index is 0.239. The average Bonchev–Trinajstić information content (AvgIpc) is 2.64. The van der Waals surface area contributed by atoms with Gasteiger partial charge in [-0.3, -0.25) is 4.90 Å². The van der Waals surface area contributed by atoms with Gasteiger partial charge in [0.1, 0.15) is 0 Å². The first-order chi connectivity index (χ1) is 11.7. The lowest BCUT2D eigenvalue weighted by Crippen LogP contribution is -2.41. The fraction of sp³-hybridized carbons (Fsp3) is 0.545. The minimum Gasteiger partial charge on any atom is -0.395 e. The van der Waals surface area contributed by atoms with Crippen LogP contribution in [0.5, 0.6) is 0 Å². The van der Waals surface area contributed by atoms with Crippen molar-refractivity contribution >= 4 is 6.08 Å². The highest BCUT2D eigenvalue weighted by molar-refractivity contribution is 5.47. The molecule has 0 aromatic heterocycles. The Labute approximate surface area is 147 Å². The van der Waals surface area contributed by atoms with Gasteiger partial charge in [-0.2, -0.15) is 0 Å². The number of nitrogens with zero attached hydrogens (tertiary/aromatic N) is 1. The molecule has 1 fully saturated rings. The summed E-state index contributed by atoms with van der Waals surface area (Å²) in [6.07, 6.45) is 10.1. The number of allylic oxidation sites excluding steroid dienone is 1. The summed E-state index contributed by atoms with van der Waals surface area (Å²) in [5, 5.41) is 9.80. The molecule has 0 unspecified atom stereocenters. The molecule has 1 saturated carbocycles. The lowest BCUT2D eigenvalue weighted by Gasteiger charge is -2.35. The van der Waals surface area contributed by atoms with E-state index >= 15 is 0 Å². The monoisotopic (exact) mass is 327 g/mol. The van der Waals surface area contributed by atoms with Gasteiger partial charge < -0.3 is 5.11 Å². The summed E-state index contributed by atoms with van der Waals surface area (Å²) in [7, 11) is 0. The van der Waals surface area contributed by atoms with Crippen LogP contribution in [-0.4, -0.2) is 29.2 Å². The van der Waals surface area contributed by atoms with Crippen LogP contribution in [0.1, 0.15) is 50.2 Å². The molecule has 1 aromatic carbocycles. The zero-order chi connectivity index (χ0) is 17.4. The van der Waals surface area contributed by atoms with E-state index in [0.29, 0.717) is 5.92 Å². The highest BCUT2D eigenvalue weighted by Gasteiger charge is 2.24. The number of aliphatic hydroxyl groups excluding tert-OH is 1. The van der Waals surface area contributed by atoms with Crippen LogP contribution in [0.25, 0.3) is 6.08 Å². The number of benzene rings is 1. The van der Waals surface area contributed by atoms with Crippen molar-refractivity contribution in [3.05, 3.63) is 54.6 Å². The smallest absolute Gasteiger partial charge is 0.0586 e. The largest absolute Gasteiger partial charge is 0.395 e. The Bertz CT molecular complexity index is 495. The second kappa shape index (κ2) is 9.80. The lowest BCUT2D eigenvalue weighted by molar-refractivity contribution is 0.0865. The van der Waals surface area contributed by atoms with Crippen LogP contribution in [0.3, 0.4) is 0 Å². The van der Waals surface area contributed by atoms with Crippen LogP contribution in [0, 0.1) is 11.8 Å². The Hall–Kier alpha value is -1.38. The molecule has 0 spiro atoms. The molecule has 0 heterocycles. The van der Waals surface area contributed by atoms with Crippen molar-refractivity contribution in [1.29, 1.82) is 0 Å². The molecule has 132 valence electrons. The maximum absolute atomic E-state index is 9.80. The fourth-order valence-electron chi connectivity index (χ4n) is 3.78. The molecule has 0 aliphatic heterocycles. The van der Waals surface area contributed by atoms with E-state index in [0.717, 1.165) is 31.0 Å². The molecule has 0 amide bonds. The molecule has 24 heavy (non-hydrogen) atoms. The SMILES string of the molecule is C=Cc1ccc(CN(CC2CCC(C=C)CC2)[C@@H](CC)CO)cc1. The first-order valence-corrected chi connectivity index (χ1v) is 9.39. The summed E-state index contributed by atoms with van der Waals surface area (Å²) in [5.74, 6) is 1.45. The fourth-order valence-corrected chi connectivity index (χ4v) is 3.78. The maximum Gasteiger partial charge on any atom is 0.0586 e. The molecule has 1 aliphatic carbocycles. The summed E-state index contributed by atoms with van der Waals surface area (Å²) < 4.78 is 0. The van der Waals surface area contributed by atoms with Gasteiger partial charge in [0, 0.05) is 19.1 Å². The second-order valence-corrected chi connectivity index (χ2v) is 7.14. The van der Waals surface area contributed by atoms with Gasteiger partial charge in [-0.15, -0.1) is 6.58 Å².